The summed E-state index contributed by atoms with van der Waals surface area (Å²) in [6.45, 7) is 1.12. The van der Waals surface area contributed by atoms with Crippen LogP contribution in [0.15, 0.2) is 34.9 Å². The van der Waals surface area contributed by atoms with Crippen LogP contribution in [-0.2, 0) is 0 Å². The summed E-state index contributed by atoms with van der Waals surface area (Å²) in [4.78, 5) is 4.47. The van der Waals surface area contributed by atoms with Crippen LogP contribution in [0.4, 0.5) is 0 Å². The van der Waals surface area contributed by atoms with Gasteiger partial charge in [-0.3, -0.25) is 4.98 Å². The second-order valence-electron chi connectivity index (χ2n) is 3.83. The van der Waals surface area contributed by atoms with Crippen molar-refractivity contribution in [3.05, 3.63) is 40.5 Å². The molecule has 1 aliphatic rings. The lowest BCUT2D eigenvalue weighted by molar-refractivity contribution is 0.385. The van der Waals surface area contributed by atoms with Gasteiger partial charge in [0.1, 0.15) is 0 Å². The Kier molecular flexibility index (Phi) is 2.22. The lowest BCUT2D eigenvalue weighted by Crippen LogP contribution is -2.35. The van der Waals surface area contributed by atoms with Crippen LogP contribution in [0.5, 0.6) is 0 Å². The first kappa shape index (κ1) is 9.31. The zero-order chi connectivity index (χ0) is 10.3. The average molecular weight is 263 g/mol. The molecule has 1 aromatic heterocycles. The van der Waals surface area contributed by atoms with Gasteiger partial charge >= 0.3 is 0 Å². The largest absolute Gasteiger partial charge is 0.310 e. The van der Waals surface area contributed by atoms with E-state index >= 15 is 0 Å². The van der Waals surface area contributed by atoms with Crippen molar-refractivity contribution in [3.8, 4) is 0 Å². The zero-order valence-corrected chi connectivity index (χ0v) is 9.79. The maximum atomic E-state index is 4.47. The lowest BCUT2D eigenvalue weighted by atomic mass is 9.95. The highest BCUT2D eigenvalue weighted by molar-refractivity contribution is 9.10. The summed E-state index contributed by atoms with van der Waals surface area (Å²) in [6.07, 6.45) is 3.07. The van der Waals surface area contributed by atoms with E-state index in [1.165, 1.54) is 17.4 Å². The van der Waals surface area contributed by atoms with Crippen LogP contribution in [0.25, 0.3) is 10.9 Å². The quantitative estimate of drug-likeness (QED) is 0.855. The molecular weight excluding hydrogens is 252 g/mol. The van der Waals surface area contributed by atoms with Gasteiger partial charge < -0.3 is 5.32 Å². The summed E-state index contributed by atoms with van der Waals surface area (Å²) < 4.78 is 1.12. The summed E-state index contributed by atoms with van der Waals surface area (Å²) >= 11 is 3.56. The third-order valence-electron chi connectivity index (χ3n) is 2.95. The highest BCUT2D eigenvalue weighted by atomic mass is 79.9. The topological polar surface area (TPSA) is 24.9 Å². The lowest BCUT2D eigenvalue weighted by Gasteiger charge is -2.28. The molecule has 1 N–H and O–H groups in total. The summed E-state index contributed by atoms with van der Waals surface area (Å²) in [5.74, 6) is 0. The van der Waals surface area contributed by atoms with Crippen molar-refractivity contribution in [3.63, 3.8) is 0 Å². The van der Waals surface area contributed by atoms with Gasteiger partial charge in [0.25, 0.3) is 0 Å². The number of pyridine rings is 1. The first-order valence-electron chi connectivity index (χ1n) is 5.13. The molecule has 0 amide bonds. The standard InChI is InChI=1S/C12H11BrN2/c13-10-4-3-9(11-5-7-14-11)12-8(10)2-1-6-15-12/h1-4,6,11,14H,5,7H2. The third-order valence-corrected chi connectivity index (χ3v) is 3.64. The van der Waals surface area contributed by atoms with Crippen molar-refractivity contribution in [1.29, 1.82) is 0 Å². The Morgan fingerprint density at radius 2 is 2.20 bits per heavy atom. The van der Waals surface area contributed by atoms with Gasteiger partial charge in [-0.15, -0.1) is 0 Å². The maximum absolute atomic E-state index is 4.47. The number of halogens is 1. The molecule has 3 rings (SSSR count). The van der Waals surface area contributed by atoms with Crippen LogP contribution >= 0.6 is 15.9 Å². The molecule has 1 saturated heterocycles. The Hall–Kier alpha value is -0.930. The molecule has 0 bridgehead atoms. The van der Waals surface area contributed by atoms with Crippen LogP contribution in [0.2, 0.25) is 0 Å². The number of nitrogens with one attached hydrogen (secondary N) is 1. The third kappa shape index (κ3) is 1.46. The number of rotatable bonds is 1. The summed E-state index contributed by atoms with van der Waals surface area (Å²) in [5.41, 5.74) is 2.43. The molecule has 2 nitrogen and oxygen atoms in total. The average Bonchev–Trinajstić information content (AvgIpc) is 2.20. The Morgan fingerprint density at radius 1 is 1.33 bits per heavy atom. The van der Waals surface area contributed by atoms with Crippen molar-refractivity contribution in [2.75, 3.05) is 6.54 Å². The Labute approximate surface area is 96.8 Å². The van der Waals surface area contributed by atoms with Crippen molar-refractivity contribution in [2.24, 2.45) is 0 Å². The number of benzene rings is 1. The van der Waals surface area contributed by atoms with E-state index in [0.29, 0.717) is 6.04 Å². The van der Waals surface area contributed by atoms with E-state index in [-0.39, 0.29) is 0 Å². The molecule has 0 saturated carbocycles. The number of fused-ring (bicyclic) bond motifs is 1. The van der Waals surface area contributed by atoms with Gasteiger partial charge in [-0.25, -0.2) is 0 Å². The van der Waals surface area contributed by atoms with E-state index in [9.17, 15) is 0 Å². The van der Waals surface area contributed by atoms with Gasteiger partial charge in [-0.1, -0.05) is 28.1 Å². The molecule has 1 atom stereocenters. The smallest absolute Gasteiger partial charge is 0.0761 e. The van der Waals surface area contributed by atoms with E-state index in [1.54, 1.807) is 0 Å². The molecular formula is C12H11BrN2. The number of aromatic nitrogens is 1. The molecule has 2 heterocycles. The monoisotopic (exact) mass is 262 g/mol. The fraction of sp³-hybridized carbons (Fsp3) is 0.250. The molecule has 3 heteroatoms. The van der Waals surface area contributed by atoms with Crippen molar-refractivity contribution in [1.82, 2.24) is 10.3 Å². The molecule has 15 heavy (non-hydrogen) atoms. The molecule has 0 radical (unpaired) electrons. The minimum absolute atomic E-state index is 0.496. The minimum atomic E-state index is 0.496. The molecule has 2 aromatic rings. The fourth-order valence-electron chi connectivity index (χ4n) is 2.00. The first-order chi connectivity index (χ1) is 7.36. The second-order valence-corrected chi connectivity index (χ2v) is 4.69. The highest BCUT2D eigenvalue weighted by Gasteiger charge is 2.21. The SMILES string of the molecule is Brc1ccc(C2CCN2)c2ncccc12. The molecule has 0 spiro atoms. The molecule has 1 fully saturated rings. The highest BCUT2D eigenvalue weighted by Crippen LogP contribution is 2.32. The molecule has 1 aliphatic heterocycles. The van der Waals surface area contributed by atoms with E-state index in [4.69, 9.17) is 0 Å². The first-order valence-corrected chi connectivity index (χ1v) is 5.92. The normalized spacial score (nSPS) is 20.2. The summed E-state index contributed by atoms with van der Waals surface area (Å²) in [6, 6.07) is 8.85. The van der Waals surface area contributed by atoms with E-state index in [1.807, 2.05) is 12.3 Å². The molecule has 1 aromatic carbocycles. The van der Waals surface area contributed by atoms with E-state index < -0.39 is 0 Å². The Bertz CT molecular complexity index is 506. The van der Waals surface area contributed by atoms with Crippen LogP contribution in [0.1, 0.15) is 18.0 Å². The molecule has 76 valence electrons. The van der Waals surface area contributed by atoms with Gasteiger partial charge in [-0.2, -0.15) is 0 Å². The van der Waals surface area contributed by atoms with E-state index in [2.05, 4.69) is 44.4 Å². The Morgan fingerprint density at radius 3 is 2.93 bits per heavy atom. The van der Waals surface area contributed by atoms with Gasteiger partial charge in [0.2, 0.25) is 0 Å². The van der Waals surface area contributed by atoms with Crippen LogP contribution < -0.4 is 5.32 Å². The van der Waals surface area contributed by atoms with Crippen LogP contribution in [-0.4, -0.2) is 11.5 Å². The van der Waals surface area contributed by atoms with Crippen molar-refractivity contribution < 1.29 is 0 Å². The van der Waals surface area contributed by atoms with Gasteiger partial charge in [-0.05, 0) is 30.7 Å². The van der Waals surface area contributed by atoms with Crippen molar-refractivity contribution >= 4 is 26.8 Å². The maximum Gasteiger partial charge on any atom is 0.0761 e. The number of hydrogen-bond donors (Lipinski definition) is 1. The molecule has 0 aliphatic carbocycles. The zero-order valence-electron chi connectivity index (χ0n) is 8.20. The van der Waals surface area contributed by atoms with Gasteiger partial charge in [0.15, 0.2) is 0 Å². The van der Waals surface area contributed by atoms with Crippen LogP contribution in [0, 0.1) is 0 Å². The predicted octanol–water partition coefficient (Wildman–Crippen LogP) is 3.03. The van der Waals surface area contributed by atoms with Crippen LogP contribution in [0.3, 0.4) is 0 Å². The summed E-state index contributed by atoms with van der Waals surface area (Å²) in [5, 5.41) is 4.62. The fourth-order valence-corrected chi connectivity index (χ4v) is 2.45. The van der Waals surface area contributed by atoms with Gasteiger partial charge in [0.05, 0.1) is 5.52 Å². The summed E-state index contributed by atoms with van der Waals surface area (Å²) in [7, 11) is 0. The Balaban J connectivity index is 2.25. The second kappa shape index (κ2) is 3.58. The molecule has 1 unspecified atom stereocenters. The van der Waals surface area contributed by atoms with E-state index in [0.717, 1.165) is 16.5 Å². The minimum Gasteiger partial charge on any atom is -0.310 e. The van der Waals surface area contributed by atoms with Gasteiger partial charge in [0, 0.05) is 22.1 Å². The predicted molar refractivity (Wildman–Crippen MR) is 64.8 cm³/mol. The number of nitrogens with zero attached hydrogens (tertiary/aromatic N) is 1. The number of hydrogen-bond acceptors (Lipinski definition) is 2. The van der Waals surface area contributed by atoms with Crippen molar-refractivity contribution in [2.45, 2.75) is 12.5 Å².